The first-order valence-corrected chi connectivity index (χ1v) is 5.57. The van der Waals surface area contributed by atoms with Gasteiger partial charge in [0.05, 0.1) is 16.5 Å². The van der Waals surface area contributed by atoms with E-state index in [1.165, 1.54) is 18.2 Å². The third-order valence-corrected chi connectivity index (χ3v) is 2.50. The summed E-state index contributed by atoms with van der Waals surface area (Å²) in [5.74, 6) is 0.0348. The second kappa shape index (κ2) is 4.76. The van der Waals surface area contributed by atoms with E-state index in [-0.39, 0.29) is 17.7 Å². The molecule has 1 aromatic carbocycles. The summed E-state index contributed by atoms with van der Waals surface area (Å²) in [6.45, 7) is 0. The lowest BCUT2D eigenvalue weighted by Crippen LogP contribution is -2.14. The Hall–Kier alpha value is -0.880. The highest BCUT2D eigenvalue weighted by Crippen LogP contribution is 2.31. The largest absolute Gasteiger partial charge is 0.416 e. The Bertz CT molecular complexity index is 365. The fourth-order valence-corrected chi connectivity index (χ4v) is 1.65. The van der Waals surface area contributed by atoms with Crippen LogP contribution >= 0.6 is 0 Å². The smallest absolute Gasteiger partial charge is 0.252 e. The van der Waals surface area contributed by atoms with Crippen LogP contribution in [0.15, 0.2) is 24.3 Å². The van der Waals surface area contributed by atoms with Crippen molar-refractivity contribution in [1.29, 1.82) is 0 Å². The van der Waals surface area contributed by atoms with Crippen molar-refractivity contribution >= 4 is 11.0 Å². The van der Waals surface area contributed by atoms with Crippen LogP contribution in [0.5, 0.6) is 0 Å². The molecule has 0 bridgehead atoms. The van der Waals surface area contributed by atoms with Crippen molar-refractivity contribution in [2.75, 3.05) is 5.75 Å². The van der Waals surface area contributed by atoms with E-state index in [9.17, 15) is 17.4 Å². The Kier molecular flexibility index (Phi) is 3.87. The lowest BCUT2D eigenvalue weighted by molar-refractivity contribution is -0.138. The summed E-state index contributed by atoms with van der Waals surface area (Å²) >= 11 is 0. The normalized spacial score (nSPS) is 13.9. The van der Waals surface area contributed by atoms with E-state index in [0.717, 1.165) is 6.07 Å². The number of aryl methyl sites for hydroxylation is 1. The predicted octanol–water partition coefficient (Wildman–Crippen LogP) is 1.87. The van der Waals surface area contributed by atoms with Crippen LogP contribution in [0.2, 0.25) is 0 Å². The quantitative estimate of drug-likeness (QED) is 0.856. The van der Waals surface area contributed by atoms with Crippen molar-refractivity contribution in [2.24, 2.45) is 5.14 Å². The average Bonchev–Trinajstić information content (AvgIpc) is 2.13. The van der Waals surface area contributed by atoms with Crippen LogP contribution in [0.1, 0.15) is 11.1 Å². The second-order valence-corrected chi connectivity index (χ2v) is 4.16. The van der Waals surface area contributed by atoms with Gasteiger partial charge < -0.3 is 0 Å². The summed E-state index contributed by atoms with van der Waals surface area (Å²) in [7, 11) is -1.57. The van der Waals surface area contributed by atoms with E-state index in [2.05, 4.69) is 0 Å². The number of benzene rings is 1. The first-order valence-electron chi connectivity index (χ1n) is 4.19. The molecule has 0 saturated heterocycles. The number of rotatable bonds is 3. The van der Waals surface area contributed by atoms with Crippen LogP contribution in [-0.2, 0) is 23.6 Å². The topological polar surface area (TPSA) is 43.1 Å². The molecule has 0 amide bonds. The van der Waals surface area contributed by atoms with Gasteiger partial charge in [-0.15, -0.1) is 0 Å². The highest BCUT2D eigenvalue weighted by atomic mass is 32.2. The maximum Gasteiger partial charge on any atom is 0.416 e. The van der Waals surface area contributed by atoms with E-state index < -0.39 is 22.7 Å². The number of hydrogen-bond donors (Lipinski definition) is 1. The fourth-order valence-electron chi connectivity index (χ4n) is 1.23. The molecule has 6 heteroatoms. The molecule has 0 unspecified atom stereocenters. The number of alkyl halides is 3. The molecule has 2 nitrogen and oxygen atoms in total. The predicted molar refractivity (Wildman–Crippen MR) is 52.3 cm³/mol. The molecule has 0 aliphatic carbocycles. The molecule has 0 fully saturated rings. The Morgan fingerprint density at radius 1 is 1.27 bits per heavy atom. The van der Waals surface area contributed by atoms with Gasteiger partial charge in [0, 0.05) is 5.75 Å². The summed E-state index contributed by atoms with van der Waals surface area (Å²) in [6.07, 6.45) is -4.30. The van der Waals surface area contributed by atoms with Gasteiger partial charge >= 0.3 is 6.18 Å². The molecule has 1 rings (SSSR count). The molecular weight excluding hydrogens is 227 g/mol. The molecule has 2 N–H and O–H groups in total. The molecule has 1 atom stereocenters. The average molecular weight is 237 g/mol. The van der Waals surface area contributed by atoms with Gasteiger partial charge in [-0.05, 0) is 18.1 Å². The molecule has 84 valence electrons. The highest BCUT2D eigenvalue weighted by Gasteiger charge is 2.32. The van der Waals surface area contributed by atoms with Crippen LogP contribution < -0.4 is 5.14 Å². The monoisotopic (exact) mass is 237 g/mol. The number of nitrogens with two attached hydrogens (primary N) is 1. The lowest BCUT2D eigenvalue weighted by Gasteiger charge is -2.11. The highest BCUT2D eigenvalue weighted by molar-refractivity contribution is 7.82. The zero-order valence-electron chi connectivity index (χ0n) is 7.75. The van der Waals surface area contributed by atoms with E-state index in [0.29, 0.717) is 0 Å². The van der Waals surface area contributed by atoms with Crippen LogP contribution in [0, 0.1) is 0 Å². The zero-order valence-corrected chi connectivity index (χ0v) is 8.57. The van der Waals surface area contributed by atoms with Gasteiger partial charge in [0.2, 0.25) is 0 Å². The summed E-state index contributed by atoms with van der Waals surface area (Å²) < 4.78 is 48.0. The van der Waals surface area contributed by atoms with Crippen molar-refractivity contribution in [2.45, 2.75) is 12.6 Å². The van der Waals surface area contributed by atoms with Crippen LogP contribution in [-0.4, -0.2) is 9.96 Å². The van der Waals surface area contributed by atoms with Gasteiger partial charge in [-0.3, -0.25) is 5.14 Å². The minimum atomic E-state index is -4.37. The van der Waals surface area contributed by atoms with Crippen molar-refractivity contribution in [1.82, 2.24) is 0 Å². The first kappa shape index (κ1) is 12.2. The summed E-state index contributed by atoms with van der Waals surface area (Å²) in [5, 5.41) is 4.99. The van der Waals surface area contributed by atoms with Crippen molar-refractivity contribution in [3.05, 3.63) is 35.4 Å². The van der Waals surface area contributed by atoms with Gasteiger partial charge in [-0.2, -0.15) is 13.2 Å². The Labute approximate surface area is 87.9 Å². The SMILES string of the molecule is N[S@](=O)CCc1ccccc1C(F)(F)F. The molecule has 0 aliphatic heterocycles. The summed E-state index contributed by atoms with van der Waals surface area (Å²) in [4.78, 5) is 0. The van der Waals surface area contributed by atoms with Gasteiger partial charge in [0.1, 0.15) is 0 Å². The van der Waals surface area contributed by atoms with E-state index in [1.54, 1.807) is 0 Å². The summed E-state index contributed by atoms with van der Waals surface area (Å²) in [6, 6.07) is 5.22. The molecule has 0 spiro atoms. The van der Waals surface area contributed by atoms with Gasteiger partial charge in [-0.1, -0.05) is 18.2 Å². The molecule has 1 aromatic rings. The van der Waals surface area contributed by atoms with Gasteiger partial charge in [0.25, 0.3) is 0 Å². The maximum atomic E-state index is 12.5. The van der Waals surface area contributed by atoms with Crippen molar-refractivity contribution < 1.29 is 17.4 Å². The lowest BCUT2D eigenvalue weighted by atomic mass is 10.1. The number of halogens is 3. The Balaban J connectivity index is 2.92. The third kappa shape index (κ3) is 3.64. The standard InChI is InChI=1S/C9H10F3NOS/c10-9(11,12)8-4-2-1-3-7(8)5-6-15(13)14/h1-4H,5-6,13H2/t15-/m1/s1. The second-order valence-electron chi connectivity index (χ2n) is 2.99. The first-order chi connectivity index (χ1) is 6.91. The van der Waals surface area contributed by atoms with Gasteiger partial charge in [-0.25, -0.2) is 4.21 Å². The third-order valence-electron chi connectivity index (χ3n) is 1.90. The molecule has 0 radical (unpaired) electrons. The van der Waals surface area contributed by atoms with Crippen molar-refractivity contribution in [3.63, 3.8) is 0 Å². The minimum absolute atomic E-state index is 0.0348. The molecule has 15 heavy (non-hydrogen) atoms. The van der Waals surface area contributed by atoms with E-state index in [1.807, 2.05) is 0 Å². The minimum Gasteiger partial charge on any atom is -0.252 e. The van der Waals surface area contributed by atoms with E-state index >= 15 is 0 Å². The molecule has 0 saturated carbocycles. The fraction of sp³-hybridized carbons (Fsp3) is 0.333. The van der Waals surface area contributed by atoms with Crippen LogP contribution in [0.4, 0.5) is 13.2 Å². The number of hydrogen-bond acceptors (Lipinski definition) is 1. The molecule has 0 aliphatic rings. The molecule has 0 aromatic heterocycles. The molecule has 0 heterocycles. The zero-order chi connectivity index (χ0) is 11.5. The van der Waals surface area contributed by atoms with Crippen LogP contribution in [0.25, 0.3) is 0 Å². The maximum absolute atomic E-state index is 12.5. The molecular formula is C9H10F3NOS. The Morgan fingerprint density at radius 2 is 1.87 bits per heavy atom. The van der Waals surface area contributed by atoms with Crippen molar-refractivity contribution in [3.8, 4) is 0 Å². The van der Waals surface area contributed by atoms with E-state index in [4.69, 9.17) is 5.14 Å². The van der Waals surface area contributed by atoms with Crippen LogP contribution in [0.3, 0.4) is 0 Å². The summed E-state index contributed by atoms with van der Waals surface area (Å²) in [5.41, 5.74) is -0.556. The van der Waals surface area contributed by atoms with Gasteiger partial charge in [0.15, 0.2) is 0 Å². The Morgan fingerprint density at radius 3 is 2.40 bits per heavy atom.